The van der Waals surface area contributed by atoms with E-state index in [1.54, 1.807) is 34.6 Å². The molecule has 3 rings (SSSR count). The van der Waals surface area contributed by atoms with Gasteiger partial charge in [-0.15, -0.1) is 11.3 Å². The van der Waals surface area contributed by atoms with Gasteiger partial charge in [0.05, 0.1) is 6.04 Å². The van der Waals surface area contributed by atoms with Crippen LogP contribution < -0.4 is 5.32 Å². The van der Waals surface area contributed by atoms with Crippen LogP contribution in [0.4, 0.5) is 5.95 Å². The van der Waals surface area contributed by atoms with Crippen LogP contribution in [0.2, 0.25) is 5.28 Å². The first-order valence-electron chi connectivity index (χ1n) is 6.20. The molecule has 108 valence electrons. The van der Waals surface area contributed by atoms with E-state index >= 15 is 0 Å². The Bertz CT molecular complexity index is 740. The highest BCUT2D eigenvalue weighted by atomic mass is 35.5. The van der Waals surface area contributed by atoms with Gasteiger partial charge in [0.2, 0.25) is 17.2 Å². The SMILES string of the molecule is Cc1cnc(C(C)Nc2nc(Cl)nc(-n3ccnc3)n2)s1. The fraction of sp³-hybridized carbons (Fsp3) is 0.250. The number of thiazole rings is 1. The van der Waals surface area contributed by atoms with Crippen molar-refractivity contribution in [2.45, 2.75) is 19.9 Å². The number of imidazole rings is 1. The fourth-order valence-electron chi connectivity index (χ4n) is 1.72. The molecule has 0 saturated heterocycles. The number of hydrogen-bond donors (Lipinski definition) is 1. The van der Waals surface area contributed by atoms with Crippen molar-refractivity contribution < 1.29 is 0 Å². The van der Waals surface area contributed by atoms with Crippen molar-refractivity contribution in [1.82, 2.24) is 29.5 Å². The molecule has 0 saturated carbocycles. The van der Waals surface area contributed by atoms with Crippen LogP contribution in [-0.2, 0) is 0 Å². The maximum absolute atomic E-state index is 5.95. The van der Waals surface area contributed by atoms with E-state index < -0.39 is 0 Å². The zero-order valence-corrected chi connectivity index (χ0v) is 12.9. The molecule has 0 bridgehead atoms. The van der Waals surface area contributed by atoms with Crippen LogP contribution in [0.25, 0.3) is 5.95 Å². The summed E-state index contributed by atoms with van der Waals surface area (Å²) in [5.74, 6) is 0.816. The molecule has 3 aromatic heterocycles. The smallest absolute Gasteiger partial charge is 0.241 e. The van der Waals surface area contributed by atoms with Crippen LogP contribution in [0.1, 0.15) is 22.9 Å². The van der Waals surface area contributed by atoms with E-state index in [1.165, 1.54) is 0 Å². The lowest BCUT2D eigenvalue weighted by Gasteiger charge is -2.11. The molecule has 0 aliphatic carbocycles. The van der Waals surface area contributed by atoms with E-state index in [0.717, 1.165) is 9.88 Å². The summed E-state index contributed by atoms with van der Waals surface area (Å²) in [5, 5.41) is 4.27. The molecule has 0 spiro atoms. The van der Waals surface area contributed by atoms with Crippen molar-refractivity contribution in [1.29, 1.82) is 0 Å². The third kappa shape index (κ3) is 3.17. The highest BCUT2D eigenvalue weighted by molar-refractivity contribution is 7.11. The number of halogens is 1. The van der Waals surface area contributed by atoms with Crippen LogP contribution in [0.15, 0.2) is 24.9 Å². The average Bonchev–Trinajstić information content (AvgIpc) is 3.08. The Hall–Kier alpha value is -2.06. The summed E-state index contributed by atoms with van der Waals surface area (Å²) >= 11 is 7.58. The lowest BCUT2D eigenvalue weighted by Crippen LogP contribution is -2.12. The van der Waals surface area contributed by atoms with Gasteiger partial charge in [0.1, 0.15) is 11.3 Å². The van der Waals surface area contributed by atoms with E-state index in [-0.39, 0.29) is 11.3 Å². The molecule has 1 unspecified atom stereocenters. The molecule has 1 N–H and O–H groups in total. The second-order valence-corrected chi connectivity index (χ2v) is 5.98. The molecule has 0 aliphatic heterocycles. The van der Waals surface area contributed by atoms with E-state index in [2.05, 4.69) is 30.2 Å². The van der Waals surface area contributed by atoms with Crippen LogP contribution in [0.3, 0.4) is 0 Å². The van der Waals surface area contributed by atoms with Crippen LogP contribution in [0.5, 0.6) is 0 Å². The lowest BCUT2D eigenvalue weighted by atomic mass is 10.4. The predicted molar refractivity (Wildman–Crippen MR) is 80.8 cm³/mol. The lowest BCUT2D eigenvalue weighted by molar-refractivity contribution is 0.826. The van der Waals surface area contributed by atoms with Crippen LogP contribution >= 0.6 is 22.9 Å². The van der Waals surface area contributed by atoms with Crippen LogP contribution in [-0.4, -0.2) is 29.5 Å². The monoisotopic (exact) mass is 321 g/mol. The maximum Gasteiger partial charge on any atom is 0.241 e. The molecule has 0 fully saturated rings. The Labute approximate surface area is 130 Å². The summed E-state index contributed by atoms with van der Waals surface area (Å²) in [6, 6.07) is -0.0159. The van der Waals surface area contributed by atoms with Crippen molar-refractivity contribution in [3.8, 4) is 5.95 Å². The molecule has 0 aliphatic rings. The first-order chi connectivity index (χ1) is 10.1. The second kappa shape index (κ2) is 5.74. The quantitative estimate of drug-likeness (QED) is 0.795. The number of hydrogen-bond acceptors (Lipinski definition) is 7. The standard InChI is InChI=1S/C12H12ClN7S/c1-7-5-15-9(21-7)8(2)16-11-17-10(13)18-12(19-11)20-4-3-14-6-20/h3-6,8H,1-2H3,(H,16,17,18,19). The molecule has 1 atom stereocenters. The van der Waals surface area contributed by atoms with Gasteiger partial charge in [0.25, 0.3) is 0 Å². The van der Waals surface area contributed by atoms with Gasteiger partial charge in [-0.25, -0.2) is 9.97 Å². The number of aryl methyl sites for hydroxylation is 1. The summed E-state index contributed by atoms with van der Waals surface area (Å²) in [4.78, 5) is 22.0. The first kappa shape index (κ1) is 13.9. The molecular formula is C12H12ClN7S. The third-order valence-electron chi connectivity index (χ3n) is 2.69. The van der Waals surface area contributed by atoms with Crippen molar-refractivity contribution in [2.24, 2.45) is 0 Å². The topological polar surface area (TPSA) is 81.4 Å². The Morgan fingerprint density at radius 1 is 1.33 bits per heavy atom. The molecular weight excluding hydrogens is 310 g/mol. The third-order valence-corrected chi connectivity index (χ3v) is 3.95. The highest BCUT2D eigenvalue weighted by Crippen LogP contribution is 2.22. The number of anilines is 1. The molecule has 0 radical (unpaired) electrons. The maximum atomic E-state index is 5.95. The molecule has 21 heavy (non-hydrogen) atoms. The van der Waals surface area contributed by atoms with Gasteiger partial charge >= 0.3 is 0 Å². The van der Waals surface area contributed by atoms with E-state index in [1.807, 2.05) is 20.0 Å². The largest absolute Gasteiger partial charge is 0.345 e. The highest BCUT2D eigenvalue weighted by Gasteiger charge is 2.13. The van der Waals surface area contributed by atoms with Gasteiger partial charge in [0.15, 0.2) is 0 Å². The molecule has 7 nitrogen and oxygen atoms in total. The minimum atomic E-state index is -0.0159. The number of nitrogens with one attached hydrogen (secondary N) is 1. The summed E-state index contributed by atoms with van der Waals surface area (Å²) in [6.45, 7) is 4.01. The van der Waals surface area contributed by atoms with Crippen LogP contribution in [0, 0.1) is 6.92 Å². The van der Waals surface area contributed by atoms with Crippen molar-refractivity contribution in [3.05, 3.63) is 40.1 Å². The Morgan fingerprint density at radius 3 is 2.86 bits per heavy atom. The van der Waals surface area contributed by atoms with Gasteiger partial charge in [0, 0.05) is 23.5 Å². The Kier molecular flexibility index (Phi) is 3.80. The molecule has 3 aromatic rings. The molecule has 0 aromatic carbocycles. The van der Waals surface area contributed by atoms with E-state index in [4.69, 9.17) is 11.6 Å². The summed E-state index contributed by atoms with van der Waals surface area (Å²) in [6.07, 6.45) is 6.83. The summed E-state index contributed by atoms with van der Waals surface area (Å²) < 4.78 is 1.66. The summed E-state index contributed by atoms with van der Waals surface area (Å²) in [7, 11) is 0. The molecule has 9 heteroatoms. The average molecular weight is 322 g/mol. The first-order valence-corrected chi connectivity index (χ1v) is 7.40. The van der Waals surface area contributed by atoms with Gasteiger partial charge < -0.3 is 5.32 Å². The Balaban J connectivity index is 1.85. The van der Waals surface area contributed by atoms with Gasteiger partial charge in [-0.3, -0.25) is 4.57 Å². The minimum absolute atomic E-state index is 0.0159. The van der Waals surface area contributed by atoms with E-state index in [9.17, 15) is 0 Å². The predicted octanol–water partition coefficient (Wildman–Crippen LogP) is 2.65. The molecule has 3 heterocycles. The van der Waals surface area contributed by atoms with Gasteiger partial charge in [-0.2, -0.15) is 15.0 Å². The number of rotatable bonds is 4. The molecule has 0 amide bonds. The van der Waals surface area contributed by atoms with Gasteiger partial charge in [-0.05, 0) is 25.4 Å². The zero-order chi connectivity index (χ0) is 14.8. The second-order valence-electron chi connectivity index (χ2n) is 4.37. The minimum Gasteiger partial charge on any atom is -0.345 e. The van der Waals surface area contributed by atoms with Crippen molar-refractivity contribution >= 4 is 28.9 Å². The van der Waals surface area contributed by atoms with Crippen molar-refractivity contribution in [2.75, 3.05) is 5.32 Å². The van der Waals surface area contributed by atoms with Gasteiger partial charge in [-0.1, -0.05) is 0 Å². The Morgan fingerprint density at radius 2 is 2.19 bits per heavy atom. The van der Waals surface area contributed by atoms with Crippen molar-refractivity contribution in [3.63, 3.8) is 0 Å². The zero-order valence-electron chi connectivity index (χ0n) is 11.4. The summed E-state index contributed by atoms with van der Waals surface area (Å²) in [5.41, 5.74) is 0. The normalized spacial score (nSPS) is 12.3. The number of aromatic nitrogens is 6. The number of nitrogens with zero attached hydrogens (tertiary/aromatic N) is 6. The fourth-order valence-corrected chi connectivity index (χ4v) is 2.66. The van der Waals surface area contributed by atoms with E-state index in [0.29, 0.717) is 11.9 Å².